The van der Waals surface area contributed by atoms with Crippen molar-refractivity contribution in [1.29, 1.82) is 0 Å². The van der Waals surface area contributed by atoms with Gasteiger partial charge in [-0.15, -0.1) is 0 Å². The first-order valence-electron chi connectivity index (χ1n) is 14.5. The molecule has 2 saturated carbocycles. The lowest BCUT2D eigenvalue weighted by Gasteiger charge is -2.55. The molecule has 0 bridgehead atoms. The second kappa shape index (κ2) is 11.4. The molecule has 0 spiro atoms. The van der Waals surface area contributed by atoms with Gasteiger partial charge in [0.25, 0.3) is 0 Å². The fourth-order valence-corrected chi connectivity index (χ4v) is 7.95. The number of hydrogen-bond donors (Lipinski definition) is 0. The van der Waals surface area contributed by atoms with E-state index in [4.69, 9.17) is 25.8 Å². The molecular weight excluding hydrogens is 588 g/mol. The highest BCUT2D eigenvalue weighted by Crippen LogP contribution is 2.68. The third-order valence-electron chi connectivity index (χ3n) is 9.65. The first-order valence-corrected chi connectivity index (χ1v) is 14.9. The number of fused-ring (bicyclic) bond motifs is 5. The summed E-state index contributed by atoms with van der Waals surface area (Å²) in [5.74, 6) is -4.91. The van der Waals surface area contributed by atoms with Gasteiger partial charge in [-0.2, -0.15) is 0 Å². The van der Waals surface area contributed by atoms with Crippen molar-refractivity contribution in [2.45, 2.75) is 52.6 Å². The average molecular weight is 621 g/mol. The number of benzene rings is 1. The lowest BCUT2D eigenvalue weighted by Crippen LogP contribution is -2.62. The maximum atomic E-state index is 14.3. The number of esters is 3. The van der Waals surface area contributed by atoms with Gasteiger partial charge in [0.05, 0.1) is 5.56 Å². The second-order valence-corrected chi connectivity index (χ2v) is 12.4. The molecular formula is C34H33ClO9. The molecule has 9 nitrogen and oxygen atoms in total. The number of Topliss-reactive ketones (excluding diaryl/α,β-unsaturated/α-hetero) is 2. The molecule has 1 aromatic carbocycles. The number of carbonyl (C=O) groups excluding carboxylic acids is 6. The minimum Gasteiger partial charge on any atom is -0.457 e. The van der Waals surface area contributed by atoms with Crippen LogP contribution in [-0.4, -0.2) is 47.5 Å². The fraction of sp³-hybridized carbons (Fsp3) is 0.412. The van der Waals surface area contributed by atoms with Crippen molar-refractivity contribution in [1.82, 2.24) is 0 Å². The average Bonchev–Trinajstić information content (AvgIpc) is 3.24. The topological polar surface area (TPSA) is 130 Å². The number of halogens is 1. The van der Waals surface area contributed by atoms with Crippen LogP contribution in [0.15, 0.2) is 77.1 Å². The molecule has 0 unspecified atom stereocenters. The van der Waals surface area contributed by atoms with E-state index >= 15 is 0 Å². The first-order chi connectivity index (χ1) is 20.8. The summed E-state index contributed by atoms with van der Waals surface area (Å²) < 4.78 is 17.0. The predicted octanol–water partition coefficient (Wildman–Crippen LogP) is 4.99. The lowest BCUT2D eigenvalue weighted by molar-refractivity contribution is -0.167. The molecule has 0 radical (unpaired) electrons. The van der Waals surface area contributed by atoms with Gasteiger partial charge in [0.2, 0.25) is 11.4 Å². The van der Waals surface area contributed by atoms with Crippen LogP contribution in [0.1, 0.15) is 57.3 Å². The Hall–Kier alpha value is -4.11. The van der Waals surface area contributed by atoms with Gasteiger partial charge in [-0.05, 0) is 54.2 Å². The van der Waals surface area contributed by atoms with Crippen molar-refractivity contribution in [3.05, 3.63) is 82.6 Å². The van der Waals surface area contributed by atoms with Crippen molar-refractivity contribution in [3.63, 3.8) is 0 Å². The van der Waals surface area contributed by atoms with E-state index in [1.165, 1.54) is 24.6 Å². The highest BCUT2D eigenvalue weighted by atomic mass is 35.5. The Morgan fingerprint density at radius 2 is 1.80 bits per heavy atom. The number of rotatable bonds is 7. The summed E-state index contributed by atoms with van der Waals surface area (Å²) in [6, 6.07) is 8.11. The van der Waals surface area contributed by atoms with E-state index in [0.717, 1.165) is 0 Å². The molecule has 5 rings (SSSR count). The van der Waals surface area contributed by atoms with Gasteiger partial charge in [-0.25, -0.2) is 4.79 Å². The van der Waals surface area contributed by atoms with Crippen molar-refractivity contribution < 1.29 is 43.0 Å². The quantitative estimate of drug-likeness (QED) is 0.306. The van der Waals surface area contributed by atoms with Crippen molar-refractivity contribution in [3.8, 4) is 0 Å². The van der Waals surface area contributed by atoms with Gasteiger partial charge in [0.1, 0.15) is 11.5 Å². The molecule has 1 aromatic rings. The number of ketones is 3. The maximum Gasteiger partial charge on any atom is 0.339 e. The van der Waals surface area contributed by atoms with Crippen molar-refractivity contribution >= 4 is 46.9 Å². The van der Waals surface area contributed by atoms with Gasteiger partial charge in [0, 0.05) is 47.6 Å². The molecule has 4 aliphatic rings. The highest BCUT2D eigenvalue weighted by Gasteiger charge is 2.72. The highest BCUT2D eigenvalue weighted by molar-refractivity contribution is 6.26. The second-order valence-electron chi connectivity index (χ2n) is 12.1. The molecule has 0 aliphatic heterocycles. The van der Waals surface area contributed by atoms with Crippen LogP contribution >= 0.6 is 11.6 Å². The zero-order valence-electron chi connectivity index (χ0n) is 24.9. The summed E-state index contributed by atoms with van der Waals surface area (Å²) in [5.41, 5.74) is -2.30. The molecule has 0 saturated heterocycles. The third kappa shape index (κ3) is 4.78. The third-order valence-corrected chi connectivity index (χ3v) is 9.92. The van der Waals surface area contributed by atoms with E-state index < -0.39 is 64.5 Å². The summed E-state index contributed by atoms with van der Waals surface area (Å²) in [5, 5.41) is 0. The minimum atomic E-state index is -2.05. The molecule has 0 N–H and O–H groups in total. The van der Waals surface area contributed by atoms with Crippen LogP contribution in [-0.2, 0) is 38.2 Å². The molecule has 230 valence electrons. The van der Waals surface area contributed by atoms with E-state index in [1.807, 2.05) is 6.92 Å². The Labute approximate surface area is 259 Å². The Morgan fingerprint density at radius 1 is 1.09 bits per heavy atom. The Kier molecular flexibility index (Phi) is 8.14. The van der Waals surface area contributed by atoms with Gasteiger partial charge in [0.15, 0.2) is 12.4 Å². The Morgan fingerprint density at radius 3 is 2.43 bits per heavy atom. The van der Waals surface area contributed by atoms with Gasteiger partial charge in [-0.1, -0.05) is 56.6 Å². The van der Waals surface area contributed by atoms with Gasteiger partial charge in [-0.3, -0.25) is 24.0 Å². The number of carbonyl (C=O) groups is 6. The molecule has 0 heterocycles. The van der Waals surface area contributed by atoms with E-state index in [-0.39, 0.29) is 47.7 Å². The number of hydrogen-bond acceptors (Lipinski definition) is 9. The SMILES string of the molecule is CCC(=O)OCC(=O)[C@]1(OC(=O)c2ccccc2)C(=CCl)C[C@H]2[C@@H]3C=C(OC(C)=O)C4=CC(=O)C=C[C@]4(C)[C@H]3C(=O)C[C@@]21C. The van der Waals surface area contributed by atoms with Crippen molar-refractivity contribution in [2.75, 3.05) is 6.61 Å². The smallest absolute Gasteiger partial charge is 0.339 e. The van der Waals surface area contributed by atoms with Gasteiger partial charge >= 0.3 is 17.9 Å². The van der Waals surface area contributed by atoms with Crippen LogP contribution in [0, 0.1) is 28.6 Å². The van der Waals surface area contributed by atoms with Gasteiger partial charge < -0.3 is 14.2 Å². The van der Waals surface area contributed by atoms with Crippen LogP contribution in [0.25, 0.3) is 0 Å². The number of allylic oxidation sites excluding steroid dienone is 5. The van der Waals surface area contributed by atoms with Crippen LogP contribution in [0.3, 0.4) is 0 Å². The summed E-state index contributed by atoms with van der Waals surface area (Å²) in [4.78, 5) is 78.9. The summed E-state index contributed by atoms with van der Waals surface area (Å²) in [6.07, 6.45) is 6.13. The summed E-state index contributed by atoms with van der Waals surface area (Å²) in [7, 11) is 0. The van der Waals surface area contributed by atoms with E-state index in [2.05, 4.69) is 0 Å². The van der Waals surface area contributed by atoms with Crippen molar-refractivity contribution in [2.24, 2.45) is 28.6 Å². The van der Waals surface area contributed by atoms with Crippen LogP contribution in [0.2, 0.25) is 0 Å². The lowest BCUT2D eigenvalue weighted by atomic mass is 9.48. The molecule has 44 heavy (non-hydrogen) atoms. The zero-order valence-corrected chi connectivity index (χ0v) is 25.6. The normalized spacial score (nSPS) is 32.9. The molecule has 2 fully saturated rings. The largest absolute Gasteiger partial charge is 0.457 e. The van der Waals surface area contributed by atoms with E-state index in [9.17, 15) is 28.8 Å². The number of ether oxygens (including phenoxy) is 3. The van der Waals surface area contributed by atoms with Crippen LogP contribution < -0.4 is 0 Å². The molecule has 6 atom stereocenters. The molecule has 10 heteroatoms. The fourth-order valence-electron chi connectivity index (χ4n) is 7.70. The molecule has 0 aromatic heterocycles. The van der Waals surface area contributed by atoms with Crippen LogP contribution in [0.5, 0.6) is 0 Å². The maximum absolute atomic E-state index is 14.3. The van der Waals surface area contributed by atoms with E-state index in [0.29, 0.717) is 5.57 Å². The Balaban J connectivity index is 1.69. The molecule has 0 amide bonds. The zero-order chi connectivity index (χ0) is 32.0. The summed E-state index contributed by atoms with van der Waals surface area (Å²) in [6.45, 7) is 5.67. The first kappa shape index (κ1) is 31.3. The monoisotopic (exact) mass is 620 g/mol. The Bertz CT molecular complexity index is 1580. The predicted molar refractivity (Wildman–Crippen MR) is 158 cm³/mol. The van der Waals surface area contributed by atoms with Crippen LogP contribution in [0.4, 0.5) is 0 Å². The minimum absolute atomic E-state index is 0.0264. The summed E-state index contributed by atoms with van der Waals surface area (Å²) >= 11 is 6.40. The molecule has 4 aliphatic carbocycles. The van der Waals surface area contributed by atoms with E-state index in [1.54, 1.807) is 56.3 Å². The standard InChI is InChI=1S/C34H33ClO9/c1-5-29(40)42-18-28(39)34(44-31(41)20-9-7-6-8-10-20)21(17-35)13-24-23-15-27(43-19(2)36)25-14-22(37)11-12-32(25,3)30(23)26(38)16-33(24,34)4/h6-12,14-15,17,23-24,30H,5,13,16,18H2,1-4H3/t23-,24-,30+,32-,33-,34+/m0/s1.